The van der Waals surface area contributed by atoms with E-state index in [0.29, 0.717) is 6.04 Å². The van der Waals surface area contributed by atoms with Crippen LogP contribution in [0.3, 0.4) is 0 Å². The molecule has 0 spiro atoms. The van der Waals surface area contributed by atoms with Crippen LogP contribution in [0.15, 0.2) is 16.6 Å². The third-order valence-electron chi connectivity index (χ3n) is 3.99. The molecule has 1 aromatic rings. The number of aryl methyl sites for hydroxylation is 1. The van der Waals surface area contributed by atoms with Crippen molar-refractivity contribution in [2.24, 2.45) is 5.92 Å². The molecular weight excluding hydrogens is 278 g/mol. The van der Waals surface area contributed by atoms with Gasteiger partial charge >= 0.3 is 0 Å². The Bertz CT molecular complexity index is 493. The molecule has 1 amide bonds. The summed E-state index contributed by atoms with van der Waals surface area (Å²) in [7, 11) is 0. The third-order valence-corrected chi connectivity index (χ3v) is 4.45. The number of fused-ring (bicyclic) bond motifs is 1. The molecule has 1 fully saturated rings. The Morgan fingerprint density at radius 1 is 1.41 bits per heavy atom. The number of benzene rings is 1. The Labute approximate surface area is 110 Å². The molecule has 3 rings (SSSR count). The van der Waals surface area contributed by atoms with Crippen molar-refractivity contribution in [3.05, 3.63) is 33.3 Å². The molecule has 2 nitrogen and oxygen atoms in total. The molecule has 1 atom stereocenters. The molecule has 1 unspecified atom stereocenters. The molecule has 0 radical (unpaired) electrons. The fourth-order valence-corrected chi connectivity index (χ4v) is 3.42. The Kier molecular flexibility index (Phi) is 2.54. The fourth-order valence-electron chi connectivity index (χ4n) is 2.80. The van der Waals surface area contributed by atoms with E-state index in [2.05, 4.69) is 28.9 Å². The van der Waals surface area contributed by atoms with Crippen molar-refractivity contribution in [1.29, 1.82) is 0 Å². The van der Waals surface area contributed by atoms with Crippen LogP contribution in [0.5, 0.6) is 0 Å². The smallest absolute Gasteiger partial charge is 0.255 e. The van der Waals surface area contributed by atoms with Gasteiger partial charge in [-0.25, -0.2) is 0 Å². The van der Waals surface area contributed by atoms with Gasteiger partial charge in [-0.2, -0.15) is 0 Å². The van der Waals surface area contributed by atoms with Crippen LogP contribution in [0.25, 0.3) is 0 Å². The van der Waals surface area contributed by atoms with Crippen molar-refractivity contribution < 1.29 is 4.79 Å². The number of hydrogen-bond acceptors (Lipinski definition) is 1. The molecule has 1 aliphatic carbocycles. The summed E-state index contributed by atoms with van der Waals surface area (Å²) in [5.41, 5.74) is 3.19. The number of carbonyl (C=O) groups excluding carboxylic acids is 1. The summed E-state index contributed by atoms with van der Waals surface area (Å²) >= 11 is 3.50. The summed E-state index contributed by atoms with van der Waals surface area (Å²) in [6.07, 6.45) is 2.56. The van der Waals surface area contributed by atoms with Gasteiger partial charge in [0.25, 0.3) is 5.91 Å². The minimum Gasteiger partial charge on any atom is -0.331 e. The fraction of sp³-hybridized carbons (Fsp3) is 0.500. The number of hydrogen-bond donors (Lipinski definition) is 0. The predicted octanol–water partition coefficient (Wildman–Crippen LogP) is 3.51. The summed E-state index contributed by atoms with van der Waals surface area (Å²) in [5.74, 6) is 0.960. The monoisotopic (exact) mass is 293 g/mol. The Balaban J connectivity index is 1.96. The average Bonchev–Trinajstić information content (AvgIpc) is 3.03. The highest BCUT2D eigenvalue weighted by atomic mass is 79.9. The molecule has 0 aromatic heterocycles. The van der Waals surface area contributed by atoms with Crippen molar-refractivity contribution >= 4 is 21.8 Å². The van der Waals surface area contributed by atoms with Crippen LogP contribution in [0.1, 0.15) is 41.3 Å². The van der Waals surface area contributed by atoms with Crippen molar-refractivity contribution in [3.63, 3.8) is 0 Å². The number of nitrogens with zero attached hydrogens (tertiary/aromatic N) is 1. The molecule has 17 heavy (non-hydrogen) atoms. The number of rotatable bonds is 2. The molecule has 90 valence electrons. The van der Waals surface area contributed by atoms with E-state index in [1.165, 1.54) is 18.4 Å². The third kappa shape index (κ3) is 1.81. The molecule has 2 aliphatic rings. The van der Waals surface area contributed by atoms with Gasteiger partial charge in [0.2, 0.25) is 0 Å². The SMILES string of the molecule is Cc1cc(Br)cc2c1C(=O)N(C(C)C1CC1)C2. The Morgan fingerprint density at radius 2 is 2.12 bits per heavy atom. The van der Waals surface area contributed by atoms with Gasteiger partial charge in [-0.1, -0.05) is 15.9 Å². The van der Waals surface area contributed by atoms with E-state index in [-0.39, 0.29) is 5.91 Å². The van der Waals surface area contributed by atoms with Gasteiger partial charge in [-0.05, 0) is 55.9 Å². The van der Waals surface area contributed by atoms with E-state index < -0.39 is 0 Å². The minimum atomic E-state index is 0.226. The van der Waals surface area contributed by atoms with E-state index in [0.717, 1.165) is 28.1 Å². The highest BCUT2D eigenvalue weighted by Crippen LogP contribution is 2.39. The highest BCUT2D eigenvalue weighted by molar-refractivity contribution is 9.10. The van der Waals surface area contributed by atoms with Crippen LogP contribution in [0, 0.1) is 12.8 Å². The summed E-state index contributed by atoms with van der Waals surface area (Å²) in [6.45, 7) is 4.99. The number of carbonyl (C=O) groups is 1. The van der Waals surface area contributed by atoms with E-state index in [4.69, 9.17) is 0 Å². The highest BCUT2D eigenvalue weighted by Gasteiger charge is 2.38. The van der Waals surface area contributed by atoms with Gasteiger partial charge in [0, 0.05) is 22.6 Å². The standard InChI is InChI=1S/C14H16BrNO/c1-8-5-12(15)6-11-7-16(14(17)13(8)11)9(2)10-3-4-10/h5-6,9-10H,3-4,7H2,1-2H3. The largest absolute Gasteiger partial charge is 0.331 e. The second-order valence-corrected chi connectivity index (χ2v) is 6.18. The summed E-state index contributed by atoms with van der Waals surface area (Å²) in [6, 6.07) is 4.51. The average molecular weight is 294 g/mol. The quantitative estimate of drug-likeness (QED) is 0.817. The first-order chi connectivity index (χ1) is 8.08. The van der Waals surface area contributed by atoms with Crippen LogP contribution in [-0.2, 0) is 6.54 Å². The van der Waals surface area contributed by atoms with E-state index in [9.17, 15) is 4.79 Å². The Morgan fingerprint density at radius 3 is 2.76 bits per heavy atom. The van der Waals surface area contributed by atoms with Gasteiger partial charge in [0.15, 0.2) is 0 Å². The Hall–Kier alpha value is -0.830. The molecule has 3 heteroatoms. The molecule has 1 heterocycles. The maximum atomic E-state index is 12.4. The first-order valence-corrected chi connectivity index (χ1v) is 6.97. The summed E-state index contributed by atoms with van der Waals surface area (Å²) < 4.78 is 1.07. The number of amides is 1. The van der Waals surface area contributed by atoms with Crippen LogP contribution in [0.4, 0.5) is 0 Å². The van der Waals surface area contributed by atoms with Gasteiger partial charge in [-0.3, -0.25) is 4.79 Å². The first kappa shape index (κ1) is 11.3. The molecule has 0 saturated heterocycles. The molecule has 1 aromatic carbocycles. The zero-order valence-corrected chi connectivity index (χ0v) is 11.8. The van der Waals surface area contributed by atoms with Gasteiger partial charge < -0.3 is 4.90 Å². The zero-order valence-electron chi connectivity index (χ0n) is 10.2. The number of halogens is 1. The van der Waals surface area contributed by atoms with Crippen LogP contribution in [-0.4, -0.2) is 16.8 Å². The molecule has 0 bridgehead atoms. The second-order valence-electron chi connectivity index (χ2n) is 5.27. The summed E-state index contributed by atoms with van der Waals surface area (Å²) in [4.78, 5) is 14.5. The van der Waals surface area contributed by atoms with Gasteiger partial charge in [0.1, 0.15) is 0 Å². The second kappa shape index (κ2) is 3.84. The molecule has 1 saturated carbocycles. The van der Waals surface area contributed by atoms with Gasteiger partial charge in [0.05, 0.1) is 0 Å². The molecule has 1 aliphatic heterocycles. The van der Waals surface area contributed by atoms with Crippen LogP contribution < -0.4 is 0 Å². The lowest BCUT2D eigenvalue weighted by Crippen LogP contribution is -2.34. The van der Waals surface area contributed by atoms with Gasteiger partial charge in [-0.15, -0.1) is 0 Å². The van der Waals surface area contributed by atoms with Crippen molar-refractivity contribution in [3.8, 4) is 0 Å². The topological polar surface area (TPSA) is 20.3 Å². The summed E-state index contributed by atoms with van der Waals surface area (Å²) in [5, 5.41) is 0. The van der Waals surface area contributed by atoms with E-state index in [1.54, 1.807) is 0 Å². The van der Waals surface area contributed by atoms with Crippen molar-refractivity contribution in [2.75, 3.05) is 0 Å². The van der Waals surface area contributed by atoms with Crippen molar-refractivity contribution in [1.82, 2.24) is 4.90 Å². The molecule has 0 N–H and O–H groups in total. The lowest BCUT2D eigenvalue weighted by atomic mass is 10.0. The zero-order chi connectivity index (χ0) is 12.2. The maximum Gasteiger partial charge on any atom is 0.255 e. The predicted molar refractivity (Wildman–Crippen MR) is 70.9 cm³/mol. The first-order valence-electron chi connectivity index (χ1n) is 6.18. The van der Waals surface area contributed by atoms with Crippen LogP contribution >= 0.6 is 15.9 Å². The normalized spacial score (nSPS) is 20.6. The lowest BCUT2D eigenvalue weighted by Gasteiger charge is -2.24. The van der Waals surface area contributed by atoms with E-state index in [1.807, 2.05) is 17.9 Å². The van der Waals surface area contributed by atoms with Crippen LogP contribution in [0.2, 0.25) is 0 Å². The van der Waals surface area contributed by atoms with Crippen molar-refractivity contribution in [2.45, 2.75) is 39.3 Å². The van der Waals surface area contributed by atoms with E-state index >= 15 is 0 Å². The molecular formula is C14H16BrNO. The lowest BCUT2D eigenvalue weighted by molar-refractivity contribution is 0.0697. The minimum absolute atomic E-state index is 0.226. The maximum absolute atomic E-state index is 12.4.